The van der Waals surface area contributed by atoms with Crippen molar-refractivity contribution in [3.8, 4) is 11.5 Å². The fourth-order valence-corrected chi connectivity index (χ4v) is 2.78. The zero-order chi connectivity index (χ0) is 19.2. The maximum absolute atomic E-state index is 12.5. The average molecular weight is 369 g/mol. The van der Waals surface area contributed by atoms with Crippen molar-refractivity contribution in [1.29, 1.82) is 0 Å². The number of benzene rings is 3. The van der Waals surface area contributed by atoms with E-state index in [1.807, 2.05) is 71.5 Å². The Bertz CT molecular complexity index is 1030. The smallest absolute Gasteiger partial charge is 0.255 e. The summed E-state index contributed by atoms with van der Waals surface area (Å²) in [7, 11) is 0. The lowest BCUT2D eigenvalue weighted by Crippen LogP contribution is -2.11. The molecule has 5 heteroatoms. The molecule has 1 aromatic heterocycles. The normalized spacial score (nSPS) is 10.4. The number of nitrogens with one attached hydrogen (secondary N) is 1. The number of amides is 1. The van der Waals surface area contributed by atoms with Gasteiger partial charge in [-0.1, -0.05) is 30.3 Å². The molecule has 0 saturated heterocycles. The minimum absolute atomic E-state index is 0.161. The van der Waals surface area contributed by atoms with Crippen LogP contribution in [0.5, 0.6) is 11.5 Å². The van der Waals surface area contributed by atoms with Gasteiger partial charge in [-0.05, 0) is 60.2 Å². The molecule has 0 aliphatic carbocycles. The minimum atomic E-state index is -0.161. The van der Waals surface area contributed by atoms with E-state index >= 15 is 0 Å². The lowest BCUT2D eigenvalue weighted by molar-refractivity contribution is 0.102. The van der Waals surface area contributed by atoms with E-state index in [0.29, 0.717) is 17.9 Å². The molecule has 0 spiro atoms. The summed E-state index contributed by atoms with van der Waals surface area (Å²) in [5.74, 6) is 1.28. The summed E-state index contributed by atoms with van der Waals surface area (Å²) in [6.07, 6.45) is 3.67. The molecule has 0 atom stereocenters. The van der Waals surface area contributed by atoms with Crippen LogP contribution >= 0.6 is 0 Å². The van der Waals surface area contributed by atoms with Crippen LogP contribution in [-0.4, -0.2) is 15.7 Å². The van der Waals surface area contributed by atoms with Gasteiger partial charge in [0.2, 0.25) is 0 Å². The van der Waals surface area contributed by atoms with E-state index in [-0.39, 0.29) is 5.91 Å². The van der Waals surface area contributed by atoms with Crippen LogP contribution in [0.1, 0.15) is 15.9 Å². The third kappa shape index (κ3) is 4.45. The van der Waals surface area contributed by atoms with Gasteiger partial charge in [0.25, 0.3) is 5.91 Å². The summed E-state index contributed by atoms with van der Waals surface area (Å²) < 4.78 is 7.60. The Kier molecular flexibility index (Phi) is 5.15. The van der Waals surface area contributed by atoms with Crippen LogP contribution in [0.2, 0.25) is 0 Å². The van der Waals surface area contributed by atoms with Crippen LogP contribution in [0.3, 0.4) is 0 Å². The molecule has 0 aliphatic heterocycles. The molecule has 0 saturated carbocycles. The van der Waals surface area contributed by atoms with Gasteiger partial charge in [-0.3, -0.25) is 9.48 Å². The van der Waals surface area contributed by atoms with E-state index in [9.17, 15) is 4.79 Å². The minimum Gasteiger partial charge on any atom is -0.457 e. The van der Waals surface area contributed by atoms with Crippen molar-refractivity contribution in [3.05, 3.63) is 108 Å². The molecule has 0 fully saturated rings. The van der Waals surface area contributed by atoms with Gasteiger partial charge in [0.05, 0.1) is 6.54 Å². The number of nitrogens with zero attached hydrogens (tertiary/aromatic N) is 2. The van der Waals surface area contributed by atoms with Crippen LogP contribution in [0.4, 0.5) is 5.69 Å². The Hall–Kier alpha value is -3.86. The predicted molar refractivity (Wildman–Crippen MR) is 109 cm³/mol. The van der Waals surface area contributed by atoms with E-state index in [1.54, 1.807) is 30.5 Å². The molecule has 5 nitrogen and oxygen atoms in total. The molecule has 3 aromatic carbocycles. The van der Waals surface area contributed by atoms with E-state index in [0.717, 1.165) is 17.0 Å². The Morgan fingerprint density at radius 2 is 1.57 bits per heavy atom. The highest BCUT2D eigenvalue weighted by molar-refractivity contribution is 6.04. The number of para-hydroxylation sites is 1. The fraction of sp³-hybridized carbons (Fsp3) is 0.0435. The summed E-state index contributed by atoms with van der Waals surface area (Å²) >= 11 is 0. The number of anilines is 1. The predicted octanol–water partition coefficient (Wildman–Crippen LogP) is 4.98. The zero-order valence-corrected chi connectivity index (χ0v) is 15.2. The van der Waals surface area contributed by atoms with E-state index in [4.69, 9.17) is 4.74 Å². The van der Waals surface area contributed by atoms with Gasteiger partial charge >= 0.3 is 0 Å². The number of rotatable bonds is 6. The first-order valence-electron chi connectivity index (χ1n) is 8.97. The van der Waals surface area contributed by atoms with Gasteiger partial charge in [0.15, 0.2) is 0 Å². The maximum Gasteiger partial charge on any atom is 0.255 e. The van der Waals surface area contributed by atoms with E-state index in [2.05, 4.69) is 10.4 Å². The van der Waals surface area contributed by atoms with Crippen molar-refractivity contribution in [3.63, 3.8) is 0 Å². The highest BCUT2D eigenvalue weighted by atomic mass is 16.5. The second-order valence-corrected chi connectivity index (χ2v) is 6.29. The largest absolute Gasteiger partial charge is 0.457 e. The highest BCUT2D eigenvalue weighted by Crippen LogP contribution is 2.21. The maximum atomic E-state index is 12.5. The number of hydrogen-bond acceptors (Lipinski definition) is 3. The first-order valence-corrected chi connectivity index (χ1v) is 8.97. The topological polar surface area (TPSA) is 56.2 Å². The molecule has 4 aromatic rings. The molecule has 1 heterocycles. The van der Waals surface area contributed by atoms with Crippen molar-refractivity contribution < 1.29 is 9.53 Å². The van der Waals surface area contributed by atoms with Gasteiger partial charge in [-0.15, -0.1) is 0 Å². The van der Waals surface area contributed by atoms with Crippen LogP contribution in [-0.2, 0) is 6.54 Å². The van der Waals surface area contributed by atoms with Crippen LogP contribution < -0.4 is 10.1 Å². The second-order valence-electron chi connectivity index (χ2n) is 6.29. The zero-order valence-electron chi connectivity index (χ0n) is 15.2. The highest BCUT2D eigenvalue weighted by Gasteiger charge is 2.07. The molecule has 4 rings (SSSR count). The molecule has 1 amide bonds. The van der Waals surface area contributed by atoms with Crippen molar-refractivity contribution in [2.75, 3.05) is 5.32 Å². The van der Waals surface area contributed by atoms with Crippen molar-refractivity contribution in [2.45, 2.75) is 6.54 Å². The van der Waals surface area contributed by atoms with Crippen LogP contribution in [0.15, 0.2) is 97.3 Å². The second kappa shape index (κ2) is 8.22. The fourth-order valence-electron chi connectivity index (χ4n) is 2.78. The van der Waals surface area contributed by atoms with Crippen molar-refractivity contribution >= 4 is 11.6 Å². The molecule has 0 radical (unpaired) electrons. The molecule has 138 valence electrons. The molecule has 28 heavy (non-hydrogen) atoms. The third-order valence-corrected chi connectivity index (χ3v) is 4.21. The van der Waals surface area contributed by atoms with Crippen LogP contribution in [0, 0.1) is 0 Å². The number of carbonyl (C=O) groups excluding carboxylic acids is 1. The lowest BCUT2D eigenvalue weighted by Gasteiger charge is -2.08. The summed E-state index contributed by atoms with van der Waals surface area (Å²) in [6.45, 7) is 0.699. The first kappa shape index (κ1) is 17.5. The number of hydrogen-bond donors (Lipinski definition) is 1. The van der Waals surface area contributed by atoms with Gasteiger partial charge < -0.3 is 10.1 Å². The Labute approximate surface area is 163 Å². The van der Waals surface area contributed by atoms with Crippen molar-refractivity contribution in [1.82, 2.24) is 9.78 Å². The van der Waals surface area contributed by atoms with Gasteiger partial charge in [0.1, 0.15) is 11.5 Å². The molecular formula is C23H19N3O2. The van der Waals surface area contributed by atoms with E-state index in [1.165, 1.54) is 0 Å². The number of aromatic nitrogens is 2. The van der Waals surface area contributed by atoms with Crippen LogP contribution in [0.25, 0.3) is 0 Å². The Balaban J connectivity index is 1.36. The molecular weight excluding hydrogens is 350 g/mol. The number of carbonyl (C=O) groups is 1. The van der Waals surface area contributed by atoms with Crippen molar-refractivity contribution in [2.24, 2.45) is 0 Å². The molecule has 1 N–H and O–H groups in total. The van der Waals surface area contributed by atoms with Gasteiger partial charge in [-0.25, -0.2) is 0 Å². The Morgan fingerprint density at radius 3 is 2.25 bits per heavy atom. The lowest BCUT2D eigenvalue weighted by atomic mass is 10.1. The SMILES string of the molecule is O=C(Nc1ccc(Cn2cccn2)cc1)c1ccc(Oc2ccccc2)cc1. The third-order valence-electron chi connectivity index (χ3n) is 4.21. The first-order chi connectivity index (χ1) is 13.8. The Morgan fingerprint density at radius 1 is 0.857 bits per heavy atom. The summed E-state index contributed by atoms with van der Waals surface area (Å²) in [5, 5.41) is 7.10. The summed E-state index contributed by atoms with van der Waals surface area (Å²) in [6, 6.07) is 26.2. The standard InChI is InChI=1S/C23H19N3O2/c27-23(19-9-13-22(14-10-19)28-21-5-2-1-3-6-21)25-20-11-7-18(8-12-20)17-26-16-4-15-24-26/h1-16H,17H2,(H,25,27). The number of ether oxygens (including phenoxy) is 1. The molecule has 0 bridgehead atoms. The quantitative estimate of drug-likeness (QED) is 0.522. The monoisotopic (exact) mass is 369 g/mol. The summed E-state index contributed by atoms with van der Waals surface area (Å²) in [5.41, 5.74) is 2.43. The van der Waals surface area contributed by atoms with Gasteiger partial charge in [0, 0.05) is 23.6 Å². The van der Waals surface area contributed by atoms with Gasteiger partial charge in [-0.2, -0.15) is 5.10 Å². The molecule has 0 unspecified atom stereocenters. The average Bonchev–Trinajstić information content (AvgIpc) is 3.24. The van der Waals surface area contributed by atoms with E-state index < -0.39 is 0 Å². The summed E-state index contributed by atoms with van der Waals surface area (Å²) in [4.78, 5) is 12.5. The molecule has 0 aliphatic rings.